The van der Waals surface area contributed by atoms with Crippen molar-refractivity contribution in [3.05, 3.63) is 42.1 Å². The summed E-state index contributed by atoms with van der Waals surface area (Å²) >= 11 is 0. The summed E-state index contributed by atoms with van der Waals surface area (Å²) in [5, 5.41) is 6.92. The molecule has 0 amide bonds. The minimum Gasteiger partial charge on any atom is -0.340 e. The lowest BCUT2D eigenvalue weighted by Crippen LogP contribution is -2.17. The van der Waals surface area contributed by atoms with Crippen molar-refractivity contribution in [3.8, 4) is 0 Å². The maximum Gasteiger partial charge on any atom is 0.433 e. The zero-order valence-corrected chi connectivity index (χ0v) is 15.7. The average molecular weight is 389 g/mol. The number of nitrogens with one attached hydrogen (secondary N) is 1. The smallest absolute Gasteiger partial charge is 0.340 e. The fourth-order valence-corrected chi connectivity index (χ4v) is 3.14. The number of nitrogens with zero attached hydrogens (tertiary/aromatic N) is 6. The predicted octanol–water partition coefficient (Wildman–Crippen LogP) is 4.07. The first-order valence-corrected chi connectivity index (χ1v) is 8.56. The lowest BCUT2D eigenvalue weighted by Gasteiger charge is -2.17. The van der Waals surface area contributed by atoms with E-state index in [1.54, 1.807) is 12.1 Å². The first-order chi connectivity index (χ1) is 13.0. The number of alkyl halides is 3. The quantitative estimate of drug-likeness (QED) is 0.559. The molecule has 0 aliphatic carbocycles. The zero-order chi connectivity index (χ0) is 20.3. The highest BCUT2D eigenvalue weighted by molar-refractivity contribution is 5.81. The van der Waals surface area contributed by atoms with Gasteiger partial charge in [-0.15, -0.1) is 0 Å². The molecule has 0 saturated heterocycles. The molecule has 0 spiro atoms. The Balaban J connectivity index is 1.79. The number of aromatic nitrogens is 6. The molecule has 4 aromatic rings. The number of halogens is 3. The van der Waals surface area contributed by atoms with Crippen LogP contribution in [0.4, 0.5) is 24.7 Å². The summed E-state index contributed by atoms with van der Waals surface area (Å²) in [4.78, 5) is 12.0. The molecular formula is C18H18F3N7. The number of hydrogen-bond acceptors (Lipinski definition) is 5. The van der Waals surface area contributed by atoms with E-state index in [2.05, 4.69) is 41.2 Å². The van der Waals surface area contributed by atoms with Crippen LogP contribution in [0.15, 0.2) is 30.6 Å². The van der Waals surface area contributed by atoms with Gasteiger partial charge in [-0.25, -0.2) is 9.97 Å². The molecule has 0 aliphatic rings. The molecule has 10 heteroatoms. The van der Waals surface area contributed by atoms with Gasteiger partial charge in [0.1, 0.15) is 18.0 Å². The van der Waals surface area contributed by atoms with Gasteiger partial charge in [-0.05, 0) is 18.2 Å². The van der Waals surface area contributed by atoms with Crippen molar-refractivity contribution >= 4 is 28.3 Å². The van der Waals surface area contributed by atoms with Crippen LogP contribution in [0.1, 0.15) is 32.3 Å². The van der Waals surface area contributed by atoms with Crippen LogP contribution >= 0.6 is 0 Å². The van der Waals surface area contributed by atoms with Crippen LogP contribution in [-0.4, -0.2) is 29.1 Å². The maximum absolute atomic E-state index is 13.1. The standard InChI is InChI=1S/C18H18F3N7/c1-17(2,3)15-25-11-7-10(5-6-12(11)27(15)4)24-14-8-13(18(19,20)21)26-16-22-9-23-28(14)16/h5-9,24H,1-4H3. The Morgan fingerprint density at radius 1 is 1.04 bits per heavy atom. The highest BCUT2D eigenvalue weighted by Gasteiger charge is 2.34. The summed E-state index contributed by atoms with van der Waals surface area (Å²) in [5.74, 6) is 0.897. The van der Waals surface area contributed by atoms with Crippen LogP contribution in [0, 0.1) is 0 Å². The van der Waals surface area contributed by atoms with Gasteiger partial charge in [-0.1, -0.05) is 20.8 Å². The molecule has 1 N–H and O–H groups in total. The highest BCUT2D eigenvalue weighted by atomic mass is 19.4. The Morgan fingerprint density at radius 2 is 1.79 bits per heavy atom. The SMILES string of the molecule is Cn1c(C(C)(C)C)nc2cc(Nc3cc(C(F)(F)F)nc4ncnn34)ccc21. The van der Waals surface area contributed by atoms with E-state index in [9.17, 15) is 13.2 Å². The zero-order valence-electron chi connectivity index (χ0n) is 15.7. The summed E-state index contributed by atoms with van der Waals surface area (Å²) < 4.78 is 42.7. The topological polar surface area (TPSA) is 72.9 Å². The van der Waals surface area contributed by atoms with Gasteiger partial charge in [-0.2, -0.15) is 27.8 Å². The van der Waals surface area contributed by atoms with Crippen molar-refractivity contribution in [3.63, 3.8) is 0 Å². The molecular weight excluding hydrogens is 371 g/mol. The second kappa shape index (κ2) is 5.91. The largest absolute Gasteiger partial charge is 0.433 e. The van der Waals surface area contributed by atoms with Crippen LogP contribution < -0.4 is 5.32 Å². The molecule has 3 heterocycles. The summed E-state index contributed by atoms with van der Waals surface area (Å²) in [7, 11) is 1.94. The molecule has 3 aromatic heterocycles. The van der Waals surface area contributed by atoms with E-state index >= 15 is 0 Å². The number of imidazole rings is 1. The number of aryl methyl sites for hydroxylation is 1. The second-order valence-electron chi connectivity index (χ2n) is 7.57. The first-order valence-electron chi connectivity index (χ1n) is 8.56. The van der Waals surface area contributed by atoms with Crippen LogP contribution in [0.25, 0.3) is 16.8 Å². The van der Waals surface area contributed by atoms with Crippen LogP contribution in [0.2, 0.25) is 0 Å². The third-order valence-corrected chi connectivity index (χ3v) is 4.37. The van der Waals surface area contributed by atoms with Gasteiger partial charge in [0.25, 0.3) is 5.78 Å². The number of rotatable bonds is 2. The Labute approximate surface area is 158 Å². The fraction of sp³-hybridized carbons (Fsp3) is 0.333. The molecule has 4 rings (SSSR count). The lowest BCUT2D eigenvalue weighted by atomic mass is 9.96. The number of fused-ring (bicyclic) bond motifs is 2. The minimum absolute atomic E-state index is 0.112. The van der Waals surface area contributed by atoms with E-state index < -0.39 is 11.9 Å². The normalized spacial score (nSPS) is 12.8. The van der Waals surface area contributed by atoms with Crippen molar-refractivity contribution in [1.29, 1.82) is 0 Å². The molecule has 0 saturated carbocycles. The van der Waals surface area contributed by atoms with E-state index in [-0.39, 0.29) is 17.0 Å². The average Bonchev–Trinajstić information content (AvgIpc) is 3.18. The van der Waals surface area contributed by atoms with E-state index in [1.807, 2.05) is 17.7 Å². The Kier molecular flexibility index (Phi) is 3.84. The van der Waals surface area contributed by atoms with Crippen molar-refractivity contribution in [1.82, 2.24) is 29.1 Å². The molecule has 0 bridgehead atoms. The first kappa shape index (κ1) is 18.2. The Hall–Kier alpha value is -3.17. The molecule has 1 aromatic carbocycles. The van der Waals surface area contributed by atoms with E-state index in [0.29, 0.717) is 5.69 Å². The number of hydrogen-bond donors (Lipinski definition) is 1. The van der Waals surface area contributed by atoms with Crippen molar-refractivity contribution < 1.29 is 13.2 Å². The summed E-state index contributed by atoms with van der Waals surface area (Å²) in [6, 6.07) is 6.36. The van der Waals surface area contributed by atoms with Gasteiger partial charge in [0.2, 0.25) is 0 Å². The van der Waals surface area contributed by atoms with Gasteiger partial charge in [-0.3, -0.25) is 0 Å². The fourth-order valence-electron chi connectivity index (χ4n) is 3.14. The third-order valence-electron chi connectivity index (χ3n) is 4.37. The monoisotopic (exact) mass is 389 g/mol. The van der Waals surface area contributed by atoms with Crippen molar-refractivity contribution in [2.75, 3.05) is 5.32 Å². The lowest BCUT2D eigenvalue weighted by molar-refractivity contribution is -0.141. The van der Waals surface area contributed by atoms with Crippen LogP contribution in [-0.2, 0) is 18.6 Å². The summed E-state index contributed by atoms with van der Waals surface area (Å²) in [6.07, 6.45) is -3.43. The Morgan fingerprint density at radius 3 is 2.46 bits per heavy atom. The Bertz CT molecular complexity index is 1180. The van der Waals surface area contributed by atoms with Gasteiger partial charge in [0.05, 0.1) is 11.0 Å². The van der Waals surface area contributed by atoms with Crippen molar-refractivity contribution in [2.45, 2.75) is 32.4 Å². The number of anilines is 2. The van der Waals surface area contributed by atoms with E-state index in [4.69, 9.17) is 4.98 Å². The van der Waals surface area contributed by atoms with E-state index in [1.165, 1.54) is 4.52 Å². The second-order valence-corrected chi connectivity index (χ2v) is 7.57. The van der Waals surface area contributed by atoms with Crippen LogP contribution in [0.5, 0.6) is 0 Å². The molecule has 0 aliphatic heterocycles. The van der Waals surface area contributed by atoms with Gasteiger partial charge in [0.15, 0.2) is 5.69 Å². The summed E-state index contributed by atoms with van der Waals surface area (Å²) in [6.45, 7) is 6.22. The molecule has 7 nitrogen and oxygen atoms in total. The van der Waals surface area contributed by atoms with Gasteiger partial charge < -0.3 is 9.88 Å². The predicted molar refractivity (Wildman–Crippen MR) is 98.5 cm³/mol. The number of benzene rings is 1. The summed E-state index contributed by atoms with van der Waals surface area (Å²) in [5.41, 5.74) is 1.09. The minimum atomic E-state index is -4.59. The molecule has 0 unspecified atom stereocenters. The molecule has 146 valence electrons. The van der Waals surface area contributed by atoms with Gasteiger partial charge >= 0.3 is 6.18 Å². The molecule has 0 atom stereocenters. The third kappa shape index (κ3) is 3.04. The highest BCUT2D eigenvalue weighted by Crippen LogP contribution is 2.31. The van der Waals surface area contributed by atoms with Gasteiger partial charge in [0, 0.05) is 24.2 Å². The van der Waals surface area contributed by atoms with E-state index in [0.717, 1.165) is 29.3 Å². The molecule has 0 fully saturated rings. The van der Waals surface area contributed by atoms with Crippen molar-refractivity contribution in [2.24, 2.45) is 7.05 Å². The van der Waals surface area contributed by atoms with Crippen LogP contribution in [0.3, 0.4) is 0 Å². The molecule has 0 radical (unpaired) electrons. The maximum atomic E-state index is 13.1. The molecule has 28 heavy (non-hydrogen) atoms.